The first kappa shape index (κ1) is 13.5. The van der Waals surface area contributed by atoms with E-state index in [4.69, 9.17) is 5.73 Å². The largest absolute Gasteiger partial charge is 0.367 e. The van der Waals surface area contributed by atoms with Gasteiger partial charge in [-0.25, -0.2) is 9.97 Å². The number of anilines is 1. The van der Waals surface area contributed by atoms with Crippen LogP contribution in [-0.2, 0) is 0 Å². The number of rotatable bonds is 3. The van der Waals surface area contributed by atoms with Crippen molar-refractivity contribution in [3.8, 4) is 0 Å². The zero-order chi connectivity index (χ0) is 14.1. The van der Waals surface area contributed by atoms with Crippen LogP contribution in [-0.4, -0.2) is 22.1 Å². The van der Waals surface area contributed by atoms with Gasteiger partial charge in [0.1, 0.15) is 17.0 Å². The molecule has 0 unspecified atom stereocenters. The Morgan fingerprint density at radius 3 is 2.80 bits per heavy atom. The van der Waals surface area contributed by atoms with Crippen LogP contribution < -0.4 is 11.1 Å². The van der Waals surface area contributed by atoms with Gasteiger partial charge < -0.3 is 11.1 Å². The standard InChI is InChI=1S/C15H20N4S/c1-3-12-9(2)20-15-13(12)14(17-8-18-15)19-11-6-4-10(16)5-7-11/h3,8,10-11H,1,4-7,16H2,2H3,(H,17,18,19). The lowest BCUT2D eigenvalue weighted by atomic mass is 9.92. The van der Waals surface area contributed by atoms with Gasteiger partial charge >= 0.3 is 0 Å². The molecule has 2 aromatic rings. The van der Waals surface area contributed by atoms with Crippen molar-refractivity contribution < 1.29 is 0 Å². The molecule has 0 radical (unpaired) electrons. The summed E-state index contributed by atoms with van der Waals surface area (Å²) in [5.74, 6) is 0.940. The summed E-state index contributed by atoms with van der Waals surface area (Å²) >= 11 is 1.70. The van der Waals surface area contributed by atoms with E-state index in [1.54, 1.807) is 17.7 Å². The molecule has 1 fully saturated rings. The highest BCUT2D eigenvalue weighted by atomic mass is 32.1. The lowest BCUT2D eigenvalue weighted by Crippen LogP contribution is -2.33. The maximum atomic E-state index is 5.96. The third-order valence-corrected chi connectivity index (χ3v) is 5.06. The summed E-state index contributed by atoms with van der Waals surface area (Å²) in [5, 5.41) is 4.70. The van der Waals surface area contributed by atoms with Crippen LogP contribution in [0, 0.1) is 6.92 Å². The molecule has 5 heteroatoms. The van der Waals surface area contributed by atoms with Crippen LogP contribution >= 0.6 is 11.3 Å². The van der Waals surface area contributed by atoms with Gasteiger partial charge in [0.15, 0.2) is 0 Å². The zero-order valence-corrected chi connectivity index (χ0v) is 12.5. The molecule has 0 atom stereocenters. The Hall–Kier alpha value is -1.46. The van der Waals surface area contributed by atoms with Gasteiger partial charge in [0.25, 0.3) is 0 Å². The highest BCUT2D eigenvalue weighted by molar-refractivity contribution is 7.19. The van der Waals surface area contributed by atoms with Crippen molar-refractivity contribution in [3.63, 3.8) is 0 Å². The number of fused-ring (bicyclic) bond motifs is 1. The topological polar surface area (TPSA) is 63.8 Å². The minimum Gasteiger partial charge on any atom is -0.367 e. The van der Waals surface area contributed by atoms with Crippen molar-refractivity contribution in [1.29, 1.82) is 0 Å². The monoisotopic (exact) mass is 288 g/mol. The SMILES string of the molecule is C=Cc1c(C)sc2ncnc(NC3CCC(N)CC3)c12. The maximum absolute atomic E-state index is 5.96. The molecule has 0 spiro atoms. The van der Waals surface area contributed by atoms with Crippen molar-refractivity contribution in [3.05, 3.63) is 23.3 Å². The number of nitrogens with zero attached hydrogens (tertiary/aromatic N) is 2. The van der Waals surface area contributed by atoms with E-state index in [2.05, 4.69) is 28.8 Å². The second-order valence-electron chi connectivity index (χ2n) is 5.43. The molecule has 0 aliphatic heterocycles. The van der Waals surface area contributed by atoms with Gasteiger partial charge in [-0.05, 0) is 32.6 Å². The van der Waals surface area contributed by atoms with E-state index in [9.17, 15) is 0 Å². The molecule has 4 nitrogen and oxygen atoms in total. The fourth-order valence-corrected chi connectivity index (χ4v) is 3.87. The van der Waals surface area contributed by atoms with E-state index in [-0.39, 0.29) is 0 Å². The van der Waals surface area contributed by atoms with E-state index in [0.29, 0.717) is 12.1 Å². The summed E-state index contributed by atoms with van der Waals surface area (Å²) in [6, 6.07) is 0.830. The Morgan fingerprint density at radius 1 is 1.35 bits per heavy atom. The van der Waals surface area contributed by atoms with Crippen LogP contribution in [0.3, 0.4) is 0 Å². The molecule has 3 rings (SSSR count). The molecule has 0 saturated heterocycles. The fourth-order valence-electron chi connectivity index (χ4n) is 2.88. The van der Waals surface area contributed by atoms with Crippen LogP contribution in [0.15, 0.2) is 12.9 Å². The van der Waals surface area contributed by atoms with Gasteiger partial charge in [-0.15, -0.1) is 11.3 Å². The zero-order valence-electron chi connectivity index (χ0n) is 11.7. The van der Waals surface area contributed by atoms with Crippen LogP contribution in [0.5, 0.6) is 0 Å². The summed E-state index contributed by atoms with van der Waals surface area (Å²) < 4.78 is 0. The normalized spacial score (nSPS) is 22.9. The summed E-state index contributed by atoms with van der Waals surface area (Å²) in [7, 11) is 0. The molecule has 3 N–H and O–H groups in total. The molecule has 2 aromatic heterocycles. The number of hydrogen-bond acceptors (Lipinski definition) is 5. The van der Waals surface area contributed by atoms with Gasteiger partial charge in [0.05, 0.1) is 5.39 Å². The fraction of sp³-hybridized carbons (Fsp3) is 0.467. The van der Waals surface area contributed by atoms with Gasteiger partial charge in [0, 0.05) is 22.5 Å². The summed E-state index contributed by atoms with van der Waals surface area (Å²) in [6.07, 6.45) is 7.94. The van der Waals surface area contributed by atoms with Crippen molar-refractivity contribution in [2.24, 2.45) is 5.73 Å². The Balaban J connectivity index is 1.93. The molecule has 0 amide bonds. The minimum atomic E-state index is 0.366. The van der Waals surface area contributed by atoms with Gasteiger partial charge in [-0.2, -0.15) is 0 Å². The first-order valence-corrected chi connectivity index (χ1v) is 7.89. The molecule has 1 aliphatic rings. The predicted octanol–water partition coefficient (Wildman–Crippen LogP) is 3.32. The molecule has 1 saturated carbocycles. The third kappa shape index (κ3) is 2.43. The van der Waals surface area contributed by atoms with Crippen LogP contribution in [0.25, 0.3) is 16.3 Å². The average molecular weight is 288 g/mol. The molecule has 106 valence electrons. The van der Waals surface area contributed by atoms with Gasteiger partial charge in [-0.3, -0.25) is 0 Å². The summed E-state index contributed by atoms with van der Waals surface area (Å²) in [4.78, 5) is 11.1. The lowest BCUT2D eigenvalue weighted by molar-refractivity contribution is 0.410. The number of thiophene rings is 1. The Kier molecular flexibility index (Phi) is 3.72. The van der Waals surface area contributed by atoms with Crippen molar-refractivity contribution in [1.82, 2.24) is 9.97 Å². The highest BCUT2D eigenvalue weighted by Crippen LogP contribution is 2.34. The van der Waals surface area contributed by atoms with Crippen LogP contribution in [0.1, 0.15) is 36.1 Å². The first-order chi connectivity index (χ1) is 9.69. The molecule has 20 heavy (non-hydrogen) atoms. The number of hydrogen-bond donors (Lipinski definition) is 2. The second kappa shape index (κ2) is 5.50. The summed E-state index contributed by atoms with van der Waals surface area (Å²) in [6.45, 7) is 6.02. The molecule has 2 heterocycles. The molecular weight excluding hydrogens is 268 g/mol. The Labute approximate surface area is 123 Å². The van der Waals surface area contributed by atoms with Crippen LogP contribution in [0.2, 0.25) is 0 Å². The first-order valence-electron chi connectivity index (χ1n) is 7.07. The van der Waals surface area contributed by atoms with E-state index in [1.165, 1.54) is 4.88 Å². The quantitative estimate of drug-likeness (QED) is 0.909. The maximum Gasteiger partial charge on any atom is 0.139 e. The Bertz CT molecular complexity index is 626. The van der Waals surface area contributed by atoms with Gasteiger partial charge in [0.2, 0.25) is 0 Å². The highest BCUT2D eigenvalue weighted by Gasteiger charge is 2.20. The molecule has 0 aromatic carbocycles. The third-order valence-electron chi connectivity index (χ3n) is 4.03. The number of aromatic nitrogens is 2. The van der Waals surface area contributed by atoms with E-state index in [0.717, 1.165) is 47.3 Å². The van der Waals surface area contributed by atoms with Crippen molar-refractivity contribution >= 4 is 33.4 Å². The average Bonchev–Trinajstić information content (AvgIpc) is 2.77. The van der Waals surface area contributed by atoms with Crippen molar-refractivity contribution in [2.75, 3.05) is 5.32 Å². The predicted molar refractivity (Wildman–Crippen MR) is 86.1 cm³/mol. The van der Waals surface area contributed by atoms with Crippen LogP contribution in [0.4, 0.5) is 5.82 Å². The van der Waals surface area contributed by atoms with Crippen molar-refractivity contribution in [2.45, 2.75) is 44.7 Å². The summed E-state index contributed by atoms with van der Waals surface area (Å²) in [5.41, 5.74) is 7.12. The van der Waals surface area contributed by atoms with E-state index in [1.807, 2.05) is 6.08 Å². The minimum absolute atomic E-state index is 0.366. The Morgan fingerprint density at radius 2 is 2.10 bits per heavy atom. The van der Waals surface area contributed by atoms with E-state index >= 15 is 0 Å². The molecule has 0 bridgehead atoms. The lowest BCUT2D eigenvalue weighted by Gasteiger charge is -2.27. The molecule has 1 aliphatic carbocycles. The number of nitrogens with one attached hydrogen (secondary N) is 1. The number of nitrogens with two attached hydrogens (primary N) is 1. The number of aryl methyl sites for hydroxylation is 1. The van der Waals surface area contributed by atoms with E-state index < -0.39 is 0 Å². The van der Waals surface area contributed by atoms with Gasteiger partial charge in [-0.1, -0.05) is 12.7 Å². The second-order valence-corrected chi connectivity index (χ2v) is 6.64. The molecular formula is C15H20N4S. The smallest absolute Gasteiger partial charge is 0.139 e.